The van der Waals surface area contributed by atoms with Gasteiger partial charge in [-0.05, 0) is 44.8 Å². The van der Waals surface area contributed by atoms with Crippen LogP contribution >= 0.6 is 0 Å². The summed E-state index contributed by atoms with van der Waals surface area (Å²) in [7, 11) is 0. The Kier molecular flexibility index (Phi) is 4.35. The molecule has 0 bridgehead atoms. The molecule has 23 heavy (non-hydrogen) atoms. The molecule has 0 spiro atoms. The van der Waals surface area contributed by atoms with Gasteiger partial charge in [-0.15, -0.1) is 0 Å². The Morgan fingerprint density at radius 1 is 1.30 bits per heavy atom. The summed E-state index contributed by atoms with van der Waals surface area (Å²) < 4.78 is 40.7. The van der Waals surface area contributed by atoms with Crippen LogP contribution in [0.2, 0.25) is 0 Å². The van der Waals surface area contributed by atoms with Crippen LogP contribution in [0.25, 0.3) is 0 Å². The number of carbonyl (C=O) groups is 1. The number of halogens is 3. The van der Waals surface area contributed by atoms with E-state index in [4.69, 9.17) is 0 Å². The van der Waals surface area contributed by atoms with Crippen LogP contribution in [-0.4, -0.2) is 52.9 Å². The van der Waals surface area contributed by atoms with Gasteiger partial charge >= 0.3 is 6.18 Å². The van der Waals surface area contributed by atoms with Gasteiger partial charge in [0.05, 0.1) is 5.92 Å². The summed E-state index contributed by atoms with van der Waals surface area (Å²) in [6.45, 7) is 1.46. The van der Waals surface area contributed by atoms with Crippen LogP contribution in [0.5, 0.6) is 0 Å². The Hall–Kier alpha value is -1.57. The standard InChI is InChI=1S/C15H21F3N4O/c16-15(17,18)12-3-1-9-21(11-12)13(23)14(4-7-19-8-5-14)22-10-2-6-20-22/h2,6,10,12,19H,1,3-5,7-9,11H2. The molecule has 0 radical (unpaired) electrons. The van der Waals surface area contributed by atoms with Crippen molar-refractivity contribution in [3.63, 3.8) is 0 Å². The fourth-order valence-electron chi connectivity index (χ4n) is 3.63. The minimum absolute atomic E-state index is 0.101. The summed E-state index contributed by atoms with van der Waals surface area (Å²) >= 11 is 0. The van der Waals surface area contributed by atoms with Gasteiger partial charge in [0.15, 0.2) is 0 Å². The maximum absolute atomic E-state index is 13.1. The third-order valence-electron chi connectivity index (χ3n) is 4.94. The van der Waals surface area contributed by atoms with Gasteiger partial charge < -0.3 is 10.2 Å². The van der Waals surface area contributed by atoms with Crippen molar-refractivity contribution in [2.45, 2.75) is 37.4 Å². The highest BCUT2D eigenvalue weighted by Crippen LogP contribution is 2.36. The number of likely N-dealkylation sites (tertiary alicyclic amines) is 1. The topological polar surface area (TPSA) is 50.2 Å². The van der Waals surface area contributed by atoms with E-state index >= 15 is 0 Å². The van der Waals surface area contributed by atoms with Gasteiger partial charge in [-0.25, -0.2) is 0 Å². The van der Waals surface area contributed by atoms with Crippen molar-refractivity contribution < 1.29 is 18.0 Å². The van der Waals surface area contributed by atoms with E-state index in [1.165, 1.54) is 4.90 Å². The lowest BCUT2D eigenvalue weighted by Gasteiger charge is -2.43. The fourth-order valence-corrected chi connectivity index (χ4v) is 3.63. The van der Waals surface area contributed by atoms with Gasteiger partial charge in [-0.3, -0.25) is 9.48 Å². The molecule has 2 saturated heterocycles. The first-order valence-corrected chi connectivity index (χ1v) is 8.00. The molecule has 5 nitrogen and oxygen atoms in total. The number of nitrogens with zero attached hydrogens (tertiary/aromatic N) is 3. The normalized spacial score (nSPS) is 25.3. The molecule has 1 N–H and O–H groups in total. The third-order valence-corrected chi connectivity index (χ3v) is 4.94. The zero-order valence-electron chi connectivity index (χ0n) is 12.9. The molecule has 0 aromatic carbocycles. The van der Waals surface area contributed by atoms with Crippen LogP contribution in [0.3, 0.4) is 0 Å². The predicted octanol–water partition coefficient (Wildman–Crippen LogP) is 1.76. The van der Waals surface area contributed by atoms with E-state index in [2.05, 4.69) is 10.4 Å². The molecule has 3 rings (SSSR count). The maximum atomic E-state index is 13.1. The molecule has 1 aromatic heterocycles. The van der Waals surface area contributed by atoms with E-state index in [1.54, 1.807) is 23.1 Å². The first-order valence-electron chi connectivity index (χ1n) is 8.00. The molecule has 0 aliphatic carbocycles. The number of hydrogen-bond donors (Lipinski definition) is 1. The minimum atomic E-state index is -4.24. The summed E-state index contributed by atoms with van der Waals surface area (Å²) in [5.41, 5.74) is -0.859. The van der Waals surface area contributed by atoms with Crippen LogP contribution in [0.1, 0.15) is 25.7 Å². The molecule has 1 atom stereocenters. The Bertz CT molecular complexity index is 537. The Labute approximate surface area is 132 Å². The Morgan fingerprint density at radius 3 is 2.65 bits per heavy atom. The molecule has 8 heteroatoms. The fraction of sp³-hybridized carbons (Fsp3) is 0.733. The summed E-state index contributed by atoms with van der Waals surface area (Å²) in [6.07, 6.45) is 0.667. The van der Waals surface area contributed by atoms with Gasteiger partial charge in [-0.2, -0.15) is 18.3 Å². The molecule has 128 valence electrons. The molecular weight excluding hydrogens is 309 g/mol. The quantitative estimate of drug-likeness (QED) is 0.899. The van der Waals surface area contributed by atoms with E-state index in [9.17, 15) is 18.0 Å². The Morgan fingerprint density at radius 2 is 2.04 bits per heavy atom. The summed E-state index contributed by atoms with van der Waals surface area (Å²) in [5, 5.41) is 7.42. The van der Waals surface area contributed by atoms with Crippen molar-refractivity contribution in [3.05, 3.63) is 18.5 Å². The smallest absolute Gasteiger partial charge is 0.340 e. The highest BCUT2D eigenvalue weighted by molar-refractivity contribution is 5.84. The van der Waals surface area contributed by atoms with Gasteiger partial charge in [0.1, 0.15) is 5.54 Å². The van der Waals surface area contributed by atoms with Crippen LogP contribution in [0, 0.1) is 5.92 Å². The number of hydrogen-bond acceptors (Lipinski definition) is 3. The predicted molar refractivity (Wildman–Crippen MR) is 77.7 cm³/mol. The number of piperidine rings is 2. The van der Waals surface area contributed by atoms with Crippen molar-refractivity contribution in [2.75, 3.05) is 26.2 Å². The van der Waals surface area contributed by atoms with E-state index in [0.717, 1.165) is 0 Å². The summed E-state index contributed by atoms with van der Waals surface area (Å²) in [4.78, 5) is 14.5. The van der Waals surface area contributed by atoms with Crippen molar-refractivity contribution in [1.29, 1.82) is 0 Å². The number of amides is 1. The average Bonchev–Trinajstić information content (AvgIpc) is 3.09. The molecule has 2 fully saturated rings. The molecule has 2 aliphatic rings. The molecule has 3 heterocycles. The van der Waals surface area contributed by atoms with Crippen LogP contribution in [0.4, 0.5) is 13.2 Å². The second-order valence-electron chi connectivity index (χ2n) is 6.36. The summed E-state index contributed by atoms with van der Waals surface area (Å²) in [5.74, 6) is -1.65. The number of aromatic nitrogens is 2. The highest BCUT2D eigenvalue weighted by atomic mass is 19.4. The van der Waals surface area contributed by atoms with E-state index in [0.29, 0.717) is 38.9 Å². The highest BCUT2D eigenvalue weighted by Gasteiger charge is 2.48. The van der Waals surface area contributed by atoms with Crippen molar-refractivity contribution in [3.8, 4) is 0 Å². The second kappa shape index (κ2) is 6.14. The van der Waals surface area contributed by atoms with Gasteiger partial charge in [-0.1, -0.05) is 0 Å². The lowest BCUT2D eigenvalue weighted by molar-refractivity contribution is -0.190. The van der Waals surface area contributed by atoms with Gasteiger partial charge in [0.25, 0.3) is 5.91 Å². The van der Waals surface area contributed by atoms with E-state index in [-0.39, 0.29) is 18.9 Å². The average molecular weight is 330 g/mol. The van der Waals surface area contributed by atoms with Crippen LogP contribution in [-0.2, 0) is 10.3 Å². The Balaban J connectivity index is 1.84. The summed E-state index contributed by atoms with van der Waals surface area (Å²) in [6, 6.07) is 1.74. The second-order valence-corrected chi connectivity index (χ2v) is 6.36. The first-order chi connectivity index (χ1) is 10.9. The molecule has 2 aliphatic heterocycles. The monoisotopic (exact) mass is 330 g/mol. The van der Waals surface area contributed by atoms with Crippen LogP contribution in [0.15, 0.2) is 18.5 Å². The zero-order valence-corrected chi connectivity index (χ0v) is 12.9. The van der Waals surface area contributed by atoms with E-state index in [1.807, 2.05) is 0 Å². The molecular formula is C15H21F3N4O. The van der Waals surface area contributed by atoms with Gasteiger partial charge in [0.2, 0.25) is 0 Å². The molecule has 0 saturated carbocycles. The lowest BCUT2D eigenvalue weighted by atomic mass is 9.85. The van der Waals surface area contributed by atoms with E-state index < -0.39 is 17.6 Å². The number of alkyl halides is 3. The van der Waals surface area contributed by atoms with Gasteiger partial charge in [0, 0.05) is 25.5 Å². The molecule has 1 amide bonds. The van der Waals surface area contributed by atoms with Crippen molar-refractivity contribution in [1.82, 2.24) is 20.0 Å². The number of carbonyl (C=O) groups excluding carboxylic acids is 1. The minimum Gasteiger partial charge on any atom is -0.340 e. The number of rotatable bonds is 2. The first kappa shape index (κ1) is 16.3. The van der Waals surface area contributed by atoms with Crippen LogP contribution < -0.4 is 5.32 Å². The lowest BCUT2D eigenvalue weighted by Crippen LogP contribution is -2.58. The largest absolute Gasteiger partial charge is 0.393 e. The molecule has 1 unspecified atom stereocenters. The number of nitrogens with one attached hydrogen (secondary N) is 1. The SMILES string of the molecule is O=C(N1CCCC(C(F)(F)F)C1)C1(n2cccn2)CCNCC1. The zero-order chi connectivity index (χ0) is 16.5. The van der Waals surface area contributed by atoms with Crippen molar-refractivity contribution >= 4 is 5.91 Å². The maximum Gasteiger partial charge on any atom is 0.393 e. The molecule has 1 aromatic rings. The third kappa shape index (κ3) is 3.08. The van der Waals surface area contributed by atoms with Crippen molar-refractivity contribution in [2.24, 2.45) is 5.92 Å².